The first-order valence-electron chi connectivity index (χ1n) is 7.02. The standard InChI is InChI=1S/C14H32O2Si2/c1-9-17(6,7)12-18(8,15-10-13(2)3)16-11-14(4)5/h9,13-14H,1,10-12H2,2-8H3. The Kier molecular flexibility index (Phi) is 7.67. The Morgan fingerprint density at radius 3 is 1.61 bits per heavy atom. The van der Waals surface area contributed by atoms with Crippen LogP contribution in [0.4, 0.5) is 0 Å². The zero-order valence-corrected chi connectivity index (χ0v) is 15.4. The van der Waals surface area contributed by atoms with Crippen molar-refractivity contribution in [3.05, 3.63) is 12.3 Å². The van der Waals surface area contributed by atoms with E-state index < -0.39 is 16.6 Å². The van der Waals surface area contributed by atoms with Gasteiger partial charge >= 0.3 is 8.56 Å². The van der Waals surface area contributed by atoms with E-state index in [9.17, 15) is 0 Å². The van der Waals surface area contributed by atoms with Gasteiger partial charge in [-0.3, -0.25) is 0 Å². The Morgan fingerprint density at radius 1 is 0.944 bits per heavy atom. The second kappa shape index (κ2) is 7.63. The third-order valence-corrected chi connectivity index (χ3v) is 11.6. The van der Waals surface area contributed by atoms with Crippen molar-refractivity contribution >= 4 is 16.6 Å². The lowest BCUT2D eigenvalue weighted by Gasteiger charge is -2.33. The molecule has 0 aromatic heterocycles. The van der Waals surface area contributed by atoms with E-state index in [1.54, 1.807) is 0 Å². The molecule has 0 aliphatic heterocycles. The third kappa shape index (κ3) is 8.24. The van der Waals surface area contributed by atoms with Crippen LogP contribution in [0.15, 0.2) is 12.3 Å². The van der Waals surface area contributed by atoms with Crippen LogP contribution in [0, 0.1) is 11.8 Å². The van der Waals surface area contributed by atoms with Crippen LogP contribution in [0.3, 0.4) is 0 Å². The maximum atomic E-state index is 6.18. The summed E-state index contributed by atoms with van der Waals surface area (Å²) in [7, 11) is -3.42. The smallest absolute Gasteiger partial charge is 0.332 e. The highest BCUT2D eigenvalue weighted by molar-refractivity contribution is 6.93. The second-order valence-electron chi connectivity index (χ2n) is 6.91. The highest BCUT2D eigenvalue weighted by atomic mass is 28.4. The van der Waals surface area contributed by atoms with Gasteiger partial charge in [-0.05, 0) is 24.1 Å². The van der Waals surface area contributed by atoms with Gasteiger partial charge < -0.3 is 8.85 Å². The molecule has 18 heavy (non-hydrogen) atoms. The quantitative estimate of drug-likeness (QED) is 0.586. The Morgan fingerprint density at radius 2 is 1.33 bits per heavy atom. The van der Waals surface area contributed by atoms with E-state index in [0.29, 0.717) is 11.8 Å². The lowest BCUT2D eigenvalue weighted by molar-refractivity contribution is 0.146. The fourth-order valence-corrected chi connectivity index (χ4v) is 11.2. The Bertz CT molecular complexity index is 238. The Balaban J connectivity index is 4.62. The lowest BCUT2D eigenvalue weighted by atomic mass is 10.2. The van der Waals surface area contributed by atoms with Crippen LogP contribution in [0.5, 0.6) is 0 Å². The topological polar surface area (TPSA) is 18.5 Å². The van der Waals surface area contributed by atoms with Gasteiger partial charge in [0, 0.05) is 13.2 Å². The first-order chi connectivity index (χ1) is 8.10. The monoisotopic (exact) mass is 288 g/mol. The molecule has 2 nitrogen and oxygen atoms in total. The molecule has 0 radical (unpaired) electrons. The summed E-state index contributed by atoms with van der Waals surface area (Å²) in [6.45, 7) is 21.2. The Labute approximate surface area is 116 Å². The maximum Gasteiger partial charge on any atom is 0.332 e. The predicted molar refractivity (Wildman–Crippen MR) is 85.7 cm³/mol. The molecule has 0 fully saturated rings. The van der Waals surface area contributed by atoms with Gasteiger partial charge in [-0.25, -0.2) is 0 Å². The van der Waals surface area contributed by atoms with Crippen molar-refractivity contribution in [2.24, 2.45) is 11.8 Å². The van der Waals surface area contributed by atoms with Crippen LogP contribution >= 0.6 is 0 Å². The predicted octanol–water partition coefficient (Wildman–Crippen LogP) is 4.38. The van der Waals surface area contributed by atoms with Gasteiger partial charge in [-0.15, -0.1) is 12.3 Å². The van der Waals surface area contributed by atoms with E-state index in [4.69, 9.17) is 8.85 Å². The van der Waals surface area contributed by atoms with Crippen LogP contribution in [0.25, 0.3) is 0 Å². The molecule has 0 aromatic carbocycles. The summed E-state index contributed by atoms with van der Waals surface area (Å²) in [5.41, 5.74) is 3.25. The second-order valence-corrected chi connectivity index (χ2v) is 15.6. The fraction of sp³-hybridized carbons (Fsp3) is 0.857. The van der Waals surface area contributed by atoms with E-state index in [0.717, 1.165) is 18.9 Å². The van der Waals surface area contributed by atoms with E-state index in [1.165, 1.54) is 0 Å². The van der Waals surface area contributed by atoms with Crippen molar-refractivity contribution in [1.29, 1.82) is 0 Å². The van der Waals surface area contributed by atoms with Crippen molar-refractivity contribution in [3.8, 4) is 0 Å². The molecular formula is C14H32O2Si2. The summed E-state index contributed by atoms with van der Waals surface area (Å²) >= 11 is 0. The number of hydrogen-bond acceptors (Lipinski definition) is 2. The summed E-state index contributed by atoms with van der Waals surface area (Å²) in [6, 6.07) is 0. The van der Waals surface area contributed by atoms with E-state index in [-0.39, 0.29) is 0 Å². The molecular weight excluding hydrogens is 256 g/mol. The molecule has 108 valence electrons. The molecule has 4 heteroatoms. The van der Waals surface area contributed by atoms with Gasteiger partial charge in [0.1, 0.15) is 0 Å². The Hall–Kier alpha value is 0.0938. The van der Waals surface area contributed by atoms with Gasteiger partial charge in [0.15, 0.2) is 0 Å². The maximum absolute atomic E-state index is 6.18. The van der Waals surface area contributed by atoms with E-state index in [2.05, 4.69) is 59.6 Å². The van der Waals surface area contributed by atoms with Crippen molar-refractivity contribution in [3.63, 3.8) is 0 Å². The molecule has 0 bridgehead atoms. The molecule has 0 aliphatic carbocycles. The van der Waals surface area contributed by atoms with Crippen molar-refractivity contribution in [2.45, 2.75) is 53.0 Å². The minimum Gasteiger partial charge on any atom is -0.394 e. The molecule has 0 aromatic rings. The summed E-state index contributed by atoms with van der Waals surface area (Å²) in [5.74, 6) is 1.13. The molecule has 0 rings (SSSR count). The number of hydrogen-bond donors (Lipinski definition) is 0. The zero-order valence-electron chi connectivity index (χ0n) is 13.4. The van der Waals surface area contributed by atoms with Gasteiger partial charge in [-0.1, -0.05) is 40.8 Å². The van der Waals surface area contributed by atoms with Crippen LogP contribution in [0.2, 0.25) is 25.3 Å². The van der Waals surface area contributed by atoms with Crippen molar-refractivity contribution in [1.82, 2.24) is 0 Å². The SMILES string of the molecule is C=C[Si](C)(C)C[Si](C)(OCC(C)C)OCC(C)C. The van der Waals surface area contributed by atoms with Crippen LogP contribution in [0.1, 0.15) is 27.7 Å². The van der Waals surface area contributed by atoms with Crippen LogP contribution in [-0.4, -0.2) is 29.8 Å². The summed E-state index contributed by atoms with van der Waals surface area (Å²) in [6.07, 6.45) is 0. The molecule has 0 N–H and O–H groups in total. The largest absolute Gasteiger partial charge is 0.394 e. The van der Waals surface area contributed by atoms with Crippen LogP contribution in [-0.2, 0) is 8.85 Å². The van der Waals surface area contributed by atoms with Gasteiger partial charge in [0.25, 0.3) is 0 Å². The fourth-order valence-electron chi connectivity index (χ4n) is 1.73. The van der Waals surface area contributed by atoms with Crippen LogP contribution < -0.4 is 0 Å². The summed E-state index contributed by atoms with van der Waals surface area (Å²) in [5, 5.41) is 0. The third-order valence-electron chi connectivity index (χ3n) is 2.77. The molecule has 0 spiro atoms. The van der Waals surface area contributed by atoms with Gasteiger partial charge in [0.2, 0.25) is 0 Å². The molecule has 0 atom stereocenters. The minimum absolute atomic E-state index is 0.563. The van der Waals surface area contributed by atoms with Crippen molar-refractivity contribution < 1.29 is 8.85 Å². The normalized spacial score (nSPS) is 13.4. The van der Waals surface area contributed by atoms with E-state index >= 15 is 0 Å². The first kappa shape index (κ1) is 18.1. The first-order valence-corrected chi connectivity index (χ1v) is 12.8. The molecule has 0 unspecified atom stereocenters. The average molecular weight is 289 g/mol. The molecule has 0 saturated heterocycles. The highest BCUT2D eigenvalue weighted by Gasteiger charge is 2.38. The summed E-state index contributed by atoms with van der Waals surface area (Å²) in [4.78, 5) is 0. The lowest BCUT2D eigenvalue weighted by Crippen LogP contribution is -2.47. The summed E-state index contributed by atoms with van der Waals surface area (Å²) < 4.78 is 12.4. The van der Waals surface area contributed by atoms with Gasteiger partial charge in [0.05, 0.1) is 8.07 Å². The average Bonchev–Trinajstić information content (AvgIpc) is 2.23. The zero-order chi connectivity index (χ0) is 14.4. The van der Waals surface area contributed by atoms with E-state index in [1.807, 2.05) is 0 Å². The molecule has 0 saturated carbocycles. The highest BCUT2D eigenvalue weighted by Crippen LogP contribution is 2.24. The molecule has 0 aliphatic rings. The van der Waals surface area contributed by atoms with Gasteiger partial charge in [-0.2, -0.15) is 0 Å². The molecule has 0 amide bonds. The van der Waals surface area contributed by atoms with Crippen molar-refractivity contribution in [2.75, 3.05) is 13.2 Å². The minimum atomic E-state index is -2.04. The number of rotatable bonds is 9. The molecule has 0 heterocycles.